The molecule has 0 unspecified atom stereocenters. The topological polar surface area (TPSA) is 79.2 Å². The number of hydrogen-bond acceptors (Lipinski definition) is 5. The number of ether oxygens (including phenoxy) is 2. The zero-order chi connectivity index (χ0) is 11.3. The number of unbranched alkanes of at least 4 members (excludes halogenated alkanes) is 2. The molecule has 1 rings (SSSR count). The summed E-state index contributed by atoms with van der Waals surface area (Å²) in [5.74, 6) is 0. The second kappa shape index (κ2) is 6.40. The molecular formula is C10H20O5. The van der Waals surface area contributed by atoms with Crippen molar-refractivity contribution in [2.24, 2.45) is 0 Å². The molecule has 0 aromatic rings. The third-order valence-corrected chi connectivity index (χ3v) is 2.48. The Hall–Kier alpha value is -0.200. The van der Waals surface area contributed by atoms with Crippen LogP contribution >= 0.6 is 0 Å². The number of rotatable bonds is 5. The monoisotopic (exact) mass is 220 g/mol. The molecule has 0 spiro atoms. The van der Waals surface area contributed by atoms with Crippen molar-refractivity contribution in [3.63, 3.8) is 0 Å². The SMILES string of the molecule is CCCCCO[C@H]1OC[C@@H](O)[C@H](O)[C@H]1O. The van der Waals surface area contributed by atoms with Crippen molar-refractivity contribution in [3.8, 4) is 0 Å². The summed E-state index contributed by atoms with van der Waals surface area (Å²) in [7, 11) is 0. The molecule has 0 aliphatic carbocycles. The van der Waals surface area contributed by atoms with E-state index in [4.69, 9.17) is 9.47 Å². The maximum Gasteiger partial charge on any atom is 0.186 e. The van der Waals surface area contributed by atoms with E-state index in [-0.39, 0.29) is 6.61 Å². The molecule has 5 heteroatoms. The summed E-state index contributed by atoms with van der Waals surface area (Å²) in [5.41, 5.74) is 0. The van der Waals surface area contributed by atoms with E-state index in [0.29, 0.717) is 6.61 Å². The van der Waals surface area contributed by atoms with E-state index >= 15 is 0 Å². The van der Waals surface area contributed by atoms with Gasteiger partial charge in [-0.1, -0.05) is 19.8 Å². The zero-order valence-corrected chi connectivity index (χ0v) is 9.00. The van der Waals surface area contributed by atoms with Crippen molar-refractivity contribution in [3.05, 3.63) is 0 Å². The molecule has 1 aliphatic rings. The first-order chi connectivity index (χ1) is 7.16. The van der Waals surface area contributed by atoms with Gasteiger partial charge in [0.15, 0.2) is 6.29 Å². The quantitative estimate of drug-likeness (QED) is 0.551. The second-order valence-corrected chi connectivity index (χ2v) is 3.83. The van der Waals surface area contributed by atoms with Gasteiger partial charge in [-0.05, 0) is 6.42 Å². The lowest BCUT2D eigenvalue weighted by Gasteiger charge is -2.34. The van der Waals surface area contributed by atoms with E-state index in [1.807, 2.05) is 0 Å². The Kier molecular flexibility index (Phi) is 5.49. The normalized spacial score (nSPS) is 36.8. The van der Waals surface area contributed by atoms with Crippen LogP contribution < -0.4 is 0 Å². The van der Waals surface area contributed by atoms with E-state index in [9.17, 15) is 15.3 Å². The standard InChI is InChI=1S/C10H20O5/c1-2-3-4-5-14-10-9(13)8(12)7(11)6-15-10/h7-13H,2-6H2,1H3/t7-,8+,9-,10+/m1/s1. The molecule has 1 aliphatic heterocycles. The maximum absolute atomic E-state index is 9.50. The first kappa shape index (κ1) is 12.9. The third kappa shape index (κ3) is 3.70. The summed E-state index contributed by atoms with van der Waals surface area (Å²) in [6.07, 6.45) is -1.14. The highest BCUT2D eigenvalue weighted by Crippen LogP contribution is 2.16. The molecular weight excluding hydrogens is 200 g/mol. The van der Waals surface area contributed by atoms with Crippen LogP contribution in [0.3, 0.4) is 0 Å². The van der Waals surface area contributed by atoms with Gasteiger partial charge in [0.1, 0.15) is 18.3 Å². The minimum atomic E-state index is -1.19. The van der Waals surface area contributed by atoms with Gasteiger partial charge >= 0.3 is 0 Å². The largest absolute Gasteiger partial charge is 0.388 e. The summed E-state index contributed by atoms with van der Waals surface area (Å²) in [6, 6.07) is 0. The highest BCUT2D eigenvalue weighted by molar-refractivity contribution is 4.82. The van der Waals surface area contributed by atoms with Gasteiger partial charge < -0.3 is 24.8 Å². The lowest BCUT2D eigenvalue weighted by molar-refractivity contribution is -0.270. The van der Waals surface area contributed by atoms with Crippen LogP contribution in [0.15, 0.2) is 0 Å². The average molecular weight is 220 g/mol. The molecule has 1 saturated heterocycles. The van der Waals surface area contributed by atoms with Gasteiger partial charge in [-0.25, -0.2) is 0 Å². The predicted octanol–water partition coefficient (Wildman–Crippen LogP) is -0.368. The van der Waals surface area contributed by atoms with E-state index in [1.165, 1.54) is 0 Å². The van der Waals surface area contributed by atoms with Crippen molar-refractivity contribution in [1.82, 2.24) is 0 Å². The van der Waals surface area contributed by atoms with Crippen LogP contribution in [0.25, 0.3) is 0 Å². The summed E-state index contributed by atoms with van der Waals surface area (Å²) >= 11 is 0. The van der Waals surface area contributed by atoms with Crippen LogP contribution in [-0.2, 0) is 9.47 Å². The summed E-state index contributed by atoms with van der Waals surface area (Å²) in [5, 5.41) is 28.0. The van der Waals surface area contributed by atoms with Gasteiger partial charge in [-0.3, -0.25) is 0 Å². The molecule has 0 aromatic carbocycles. The fourth-order valence-electron chi connectivity index (χ4n) is 1.48. The van der Waals surface area contributed by atoms with Gasteiger partial charge in [-0.15, -0.1) is 0 Å². The first-order valence-electron chi connectivity index (χ1n) is 5.44. The fraction of sp³-hybridized carbons (Fsp3) is 1.00. The zero-order valence-electron chi connectivity index (χ0n) is 9.00. The Labute approximate surface area is 89.6 Å². The Bertz CT molecular complexity index is 175. The van der Waals surface area contributed by atoms with E-state index < -0.39 is 24.6 Å². The van der Waals surface area contributed by atoms with Crippen LogP contribution in [0.4, 0.5) is 0 Å². The Morgan fingerprint density at radius 1 is 1.20 bits per heavy atom. The molecule has 3 N–H and O–H groups in total. The van der Waals surface area contributed by atoms with Crippen LogP contribution in [-0.4, -0.2) is 53.1 Å². The van der Waals surface area contributed by atoms with Crippen molar-refractivity contribution >= 4 is 0 Å². The lowest BCUT2D eigenvalue weighted by atomic mass is 10.1. The van der Waals surface area contributed by atoms with Crippen molar-refractivity contribution in [2.45, 2.75) is 50.8 Å². The van der Waals surface area contributed by atoms with Gasteiger partial charge in [0.25, 0.3) is 0 Å². The van der Waals surface area contributed by atoms with Crippen LogP contribution in [0.1, 0.15) is 26.2 Å². The maximum atomic E-state index is 9.50. The minimum Gasteiger partial charge on any atom is -0.388 e. The molecule has 5 nitrogen and oxygen atoms in total. The molecule has 0 bridgehead atoms. The van der Waals surface area contributed by atoms with E-state index in [2.05, 4.69) is 6.92 Å². The third-order valence-electron chi connectivity index (χ3n) is 2.48. The highest BCUT2D eigenvalue weighted by Gasteiger charge is 2.37. The molecule has 0 saturated carbocycles. The molecule has 0 amide bonds. The van der Waals surface area contributed by atoms with Gasteiger partial charge in [0, 0.05) is 6.61 Å². The Morgan fingerprint density at radius 2 is 1.93 bits per heavy atom. The summed E-state index contributed by atoms with van der Waals surface area (Å²) < 4.78 is 10.3. The molecule has 15 heavy (non-hydrogen) atoms. The van der Waals surface area contributed by atoms with Crippen LogP contribution in [0.2, 0.25) is 0 Å². The van der Waals surface area contributed by atoms with Gasteiger partial charge in [-0.2, -0.15) is 0 Å². The molecule has 1 heterocycles. The number of aliphatic hydroxyl groups excluding tert-OH is 3. The Balaban J connectivity index is 2.23. The second-order valence-electron chi connectivity index (χ2n) is 3.83. The Morgan fingerprint density at radius 3 is 2.60 bits per heavy atom. The highest BCUT2D eigenvalue weighted by atomic mass is 16.7. The first-order valence-corrected chi connectivity index (χ1v) is 5.44. The van der Waals surface area contributed by atoms with E-state index in [0.717, 1.165) is 19.3 Å². The predicted molar refractivity (Wildman–Crippen MR) is 53.2 cm³/mol. The molecule has 4 atom stereocenters. The minimum absolute atomic E-state index is 0.00330. The van der Waals surface area contributed by atoms with Crippen LogP contribution in [0, 0.1) is 0 Å². The summed E-state index contributed by atoms with van der Waals surface area (Å²) in [6.45, 7) is 2.58. The van der Waals surface area contributed by atoms with Crippen molar-refractivity contribution in [1.29, 1.82) is 0 Å². The fourth-order valence-corrected chi connectivity index (χ4v) is 1.48. The van der Waals surface area contributed by atoms with Gasteiger partial charge in [0.05, 0.1) is 6.61 Å². The molecule has 1 fully saturated rings. The van der Waals surface area contributed by atoms with Crippen LogP contribution in [0.5, 0.6) is 0 Å². The summed E-state index contributed by atoms with van der Waals surface area (Å²) in [4.78, 5) is 0. The van der Waals surface area contributed by atoms with Crippen molar-refractivity contribution in [2.75, 3.05) is 13.2 Å². The van der Waals surface area contributed by atoms with Crippen molar-refractivity contribution < 1.29 is 24.8 Å². The smallest absolute Gasteiger partial charge is 0.186 e. The molecule has 90 valence electrons. The average Bonchev–Trinajstić information content (AvgIpc) is 2.24. The van der Waals surface area contributed by atoms with E-state index in [1.54, 1.807) is 0 Å². The number of hydrogen-bond donors (Lipinski definition) is 3. The lowest BCUT2D eigenvalue weighted by Crippen LogP contribution is -2.53. The molecule has 0 radical (unpaired) electrons. The molecule has 0 aromatic heterocycles. The number of aliphatic hydroxyl groups is 3. The van der Waals surface area contributed by atoms with Gasteiger partial charge in [0.2, 0.25) is 0 Å².